The van der Waals surface area contributed by atoms with Gasteiger partial charge in [0.15, 0.2) is 0 Å². The monoisotopic (exact) mass is 156 g/mol. The summed E-state index contributed by atoms with van der Waals surface area (Å²) in [5.41, 5.74) is 0. The highest BCUT2D eigenvalue weighted by molar-refractivity contribution is 4.84. The first-order valence-corrected chi connectivity index (χ1v) is 4.76. The lowest BCUT2D eigenvalue weighted by molar-refractivity contribution is -0.0307. The van der Waals surface area contributed by atoms with Crippen LogP contribution in [0.15, 0.2) is 0 Å². The molecule has 11 heavy (non-hydrogen) atoms. The van der Waals surface area contributed by atoms with Gasteiger partial charge in [-0.2, -0.15) is 0 Å². The predicted molar refractivity (Wildman–Crippen MR) is 47.6 cm³/mol. The summed E-state index contributed by atoms with van der Waals surface area (Å²) in [5, 5.41) is 0. The maximum Gasteiger partial charge on any atom is 0.0629 e. The van der Waals surface area contributed by atoms with Crippen LogP contribution in [-0.2, 0) is 4.74 Å². The van der Waals surface area contributed by atoms with Crippen LogP contribution in [0.1, 0.15) is 40.5 Å². The Labute approximate surface area is 70.1 Å². The second kappa shape index (κ2) is 3.57. The molecule has 0 radical (unpaired) electrons. The van der Waals surface area contributed by atoms with Crippen molar-refractivity contribution in [1.82, 2.24) is 0 Å². The van der Waals surface area contributed by atoms with E-state index >= 15 is 0 Å². The standard InChI is InChI=1S/C10H20O/c1-7(2)10(9-5-6-9)11-8(3)4/h7-10H,5-6H2,1-4H3. The van der Waals surface area contributed by atoms with E-state index in [0.29, 0.717) is 18.1 Å². The van der Waals surface area contributed by atoms with E-state index in [-0.39, 0.29) is 0 Å². The minimum atomic E-state index is 0.392. The third-order valence-corrected chi connectivity index (χ3v) is 2.17. The van der Waals surface area contributed by atoms with E-state index in [4.69, 9.17) is 4.74 Å². The molecule has 0 aromatic rings. The first kappa shape index (κ1) is 9.05. The number of rotatable bonds is 4. The molecule has 1 heteroatoms. The third kappa shape index (κ3) is 2.82. The van der Waals surface area contributed by atoms with Gasteiger partial charge in [0.2, 0.25) is 0 Å². The molecule has 1 aliphatic rings. The van der Waals surface area contributed by atoms with Crippen molar-refractivity contribution < 1.29 is 4.74 Å². The van der Waals surface area contributed by atoms with Gasteiger partial charge < -0.3 is 4.74 Å². The maximum absolute atomic E-state index is 5.84. The summed E-state index contributed by atoms with van der Waals surface area (Å²) in [4.78, 5) is 0. The first-order chi connectivity index (χ1) is 5.11. The van der Waals surface area contributed by atoms with E-state index in [2.05, 4.69) is 27.7 Å². The largest absolute Gasteiger partial charge is 0.375 e. The van der Waals surface area contributed by atoms with E-state index in [1.165, 1.54) is 12.8 Å². The molecule has 1 unspecified atom stereocenters. The van der Waals surface area contributed by atoms with Crippen molar-refractivity contribution in [3.8, 4) is 0 Å². The Morgan fingerprint density at radius 3 is 1.91 bits per heavy atom. The lowest BCUT2D eigenvalue weighted by Crippen LogP contribution is -2.25. The first-order valence-electron chi connectivity index (χ1n) is 4.76. The zero-order chi connectivity index (χ0) is 8.43. The van der Waals surface area contributed by atoms with Crippen LogP contribution in [0, 0.1) is 11.8 Å². The summed E-state index contributed by atoms with van der Waals surface area (Å²) in [6, 6.07) is 0. The Kier molecular flexibility index (Phi) is 2.94. The molecule has 1 nitrogen and oxygen atoms in total. The fraction of sp³-hybridized carbons (Fsp3) is 1.00. The summed E-state index contributed by atoms with van der Waals surface area (Å²) in [5.74, 6) is 1.56. The van der Waals surface area contributed by atoms with Crippen molar-refractivity contribution in [2.45, 2.75) is 52.7 Å². The van der Waals surface area contributed by atoms with E-state index in [1.807, 2.05) is 0 Å². The molecular weight excluding hydrogens is 136 g/mol. The van der Waals surface area contributed by atoms with Crippen molar-refractivity contribution in [3.05, 3.63) is 0 Å². The normalized spacial score (nSPS) is 21.3. The molecule has 0 spiro atoms. The number of hydrogen-bond donors (Lipinski definition) is 0. The molecule has 0 aromatic carbocycles. The van der Waals surface area contributed by atoms with Crippen molar-refractivity contribution in [1.29, 1.82) is 0 Å². The molecular formula is C10H20O. The van der Waals surface area contributed by atoms with Crippen molar-refractivity contribution >= 4 is 0 Å². The van der Waals surface area contributed by atoms with Gasteiger partial charge in [-0.25, -0.2) is 0 Å². The Hall–Kier alpha value is -0.0400. The van der Waals surface area contributed by atoms with Gasteiger partial charge in [0.1, 0.15) is 0 Å². The summed E-state index contributed by atoms with van der Waals surface area (Å²) >= 11 is 0. The zero-order valence-corrected chi connectivity index (χ0v) is 8.13. The highest BCUT2D eigenvalue weighted by Gasteiger charge is 2.34. The molecule has 1 fully saturated rings. The topological polar surface area (TPSA) is 9.23 Å². The fourth-order valence-electron chi connectivity index (χ4n) is 1.55. The summed E-state index contributed by atoms with van der Waals surface area (Å²) in [6.07, 6.45) is 3.68. The second-order valence-electron chi connectivity index (χ2n) is 4.23. The second-order valence-corrected chi connectivity index (χ2v) is 4.23. The molecule has 0 N–H and O–H groups in total. The molecule has 0 saturated heterocycles. The summed E-state index contributed by atoms with van der Waals surface area (Å²) < 4.78 is 5.84. The summed E-state index contributed by atoms with van der Waals surface area (Å²) in [6.45, 7) is 8.76. The van der Waals surface area contributed by atoms with Gasteiger partial charge in [-0.1, -0.05) is 13.8 Å². The van der Waals surface area contributed by atoms with Crippen molar-refractivity contribution in [3.63, 3.8) is 0 Å². The lowest BCUT2D eigenvalue weighted by Gasteiger charge is -2.23. The molecule has 66 valence electrons. The van der Waals surface area contributed by atoms with Gasteiger partial charge in [0.05, 0.1) is 12.2 Å². The van der Waals surface area contributed by atoms with Crippen LogP contribution in [0.2, 0.25) is 0 Å². The molecule has 1 rings (SSSR count). The van der Waals surface area contributed by atoms with Crippen LogP contribution >= 0.6 is 0 Å². The van der Waals surface area contributed by atoms with E-state index in [9.17, 15) is 0 Å². The fourth-order valence-corrected chi connectivity index (χ4v) is 1.55. The summed E-state index contributed by atoms with van der Waals surface area (Å²) in [7, 11) is 0. The Morgan fingerprint density at radius 1 is 1.09 bits per heavy atom. The molecule has 1 aliphatic carbocycles. The van der Waals surface area contributed by atoms with Gasteiger partial charge in [0.25, 0.3) is 0 Å². The van der Waals surface area contributed by atoms with Crippen LogP contribution in [0.3, 0.4) is 0 Å². The SMILES string of the molecule is CC(C)OC(C(C)C)C1CC1. The number of ether oxygens (including phenoxy) is 1. The molecule has 0 amide bonds. The quantitative estimate of drug-likeness (QED) is 0.608. The molecule has 0 heterocycles. The highest BCUT2D eigenvalue weighted by atomic mass is 16.5. The highest BCUT2D eigenvalue weighted by Crippen LogP contribution is 2.37. The third-order valence-electron chi connectivity index (χ3n) is 2.17. The average Bonchev–Trinajstić information content (AvgIpc) is 2.63. The van der Waals surface area contributed by atoms with Gasteiger partial charge in [-0.05, 0) is 38.5 Å². The van der Waals surface area contributed by atoms with E-state index < -0.39 is 0 Å². The van der Waals surface area contributed by atoms with Crippen LogP contribution < -0.4 is 0 Å². The van der Waals surface area contributed by atoms with Crippen LogP contribution in [0.25, 0.3) is 0 Å². The molecule has 0 aromatic heterocycles. The van der Waals surface area contributed by atoms with Crippen molar-refractivity contribution in [2.75, 3.05) is 0 Å². The van der Waals surface area contributed by atoms with Gasteiger partial charge >= 0.3 is 0 Å². The van der Waals surface area contributed by atoms with E-state index in [0.717, 1.165) is 5.92 Å². The Balaban J connectivity index is 2.32. The smallest absolute Gasteiger partial charge is 0.0629 e. The van der Waals surface area contributed by atoms with Crippen LogP contribution in [0.5, 0.6) is 0 Å². The molecule has 0 aliphatic heterocycles. The molecule has 0 bridgehead atoms. The van der Waals surface area contributed by atoms with Crippen molar-refractivity contribution in [2.24, 2.45) is 11.8 Å². The number of hydrogen-bond acceptors (Lipinski definition) is 1. The minimum Gasteiger partial charge on any atom is -0.375 e. The molecule has 1 atom stereocenters. The Morgan fingerprint density at radius 2 is 1.64 bits per heavy atom. The molecule has 1 saturated carbocycles. The van der Waals surface area contributed by atoms with Gasteiger partial charge in [-0.3, -0.25) is 0 Å². The Bertz CT molecular complexity index is 112. The lowest BCUT2D eigenvalue weighted by atomic mass is 10.0. The van der Waals surface area contributed by atoms with Gasteiger partial charge in [-0.15, -0.1) is 0 Å². The zero-order valence-electron chi connectivity index (χ0n) is 8.13. The van der Waals surface area contributed by atoms with Crippen LogP contribution in [0.4, 0.5) is 0 Å². The predicted octanol–water partition coefficient (Wildman–Crippen LogP) is 2.85. The van der Waals surface area contributed by atoms with Gasteiger partial charge in [0, 0.05) is 0 Å². The van der Waals surface area contributed by atoms with Crippen LogP contribution in [-0.4, -0.2) is 12.2 Å². The minimum absolute atomic E-state index is 0.392. The maximum atomic E-state index is 5.84. The van der Waals surface area contributed by atoms with E-state index in [1.54, 1.807) is 0 Å². The average molecular weight is 156 g/mol.